The van der Waals surface area contributed by atoms with Crippen LogP contribution in [-0.4, -0.2) is 40.3 Å². The molecule has 128 valence electrons. The largest absolute Gasteiger partial charge is 0.297 e. The van der Waals surface area contributed by atoms with Gasteiger partial charge in [-0.25, -0.2) is 14.4 Å². The molecule has 9 heteroatoms. The number of aromatic nitrogens is 1. The quantitative estimate of drug-likeness (QED) is 0.845. The van der Waals surface area contributed by atoms with Gasteiger partial charge in [-0.05, 0) is 12.1 Å². The third-order valence-electron chi connectivity index (χ3n) is 3.51. The van der Waals surface area contributed by atoms with Crippen molar-refractivity contribution in [3.8, 4) is 0 Å². The van der Waals surface area contributed by atoms with Crippen molar-refractivity contribution in [3.63, 3.8) is 0 Å². The molecule has 3 rings (SSSR count). The summed E-state index contributed by atoms with van der Waals surface area (Å²) < 4.78 is 13.2. The maximum atomic E-state index is 13.2. The number of rotatable bonds is 4. The van der Waals surface area contributed by atoms with Gasteiger partial charge in [-0.3, -0.25) is 19.7 Å². The standard InChI is InChI=1S/C16H13FN4O3S/c1-21-13(22)6-5-11(20-21)15(24)19-16-18-8-12(25-16)14(23)9-3-2-4-10(17)7-9/h2-4,7-8H,5-6H2,1H3,(H,18,19,24). The van der Waals surface area contributed by atoms with E-state index in [-0.39, 0.29) is 45.8 Å². The number of carbonyl (C=O) groups is 3. The fourth-order valence-electron chi connectivity index (χ4n) is 2.21. The molecule has 1 aliphatic rings. The highest BCUT2D eigenvalue weighted by atomic mass is 32.1. The van der Waals surface area contributed by atoms with E-state index in [0.29, 0.717) is 0 Å². The third-order valence-corrected chi connectivity index (χ3v) is 4.42. The zero-order valence-corrected chi connectivity index (χ0v) is 14.0. The van der Waals surface area contributed by atoms with Gasteiger partial charge in [0.2, 0.25) is 11.7 Å². The van der Waals surface area contributed by atoms with Crippen LogP contribution in [0, 0.1) is 5.82 Å². The van der Waals surface area contributed by atoms with Crippen molar-refractivity contribution in [1.82, 2.24) is 9.99 Å². The van der Waals surface area contributed by atoms with Crippen molar-refractivity contribution >= 4 is 39.8 Å². The van der Waals surface area contributed by atoms with Crippen LogP contribution in [0.15, 0.2) is 35.6 Å². The zero-order chi connectivity index (χ0) is 18.0. The predicted octanol–water partition coefficient (Wildman–Crippen LogP) is 2.06. The Morgan fingerprint density at radius 2 is 2.12 bits per heavy atom. The second-order valence-corrected chi connectivity index (χ2v) is 6.32. The van der Waals surface area contributed by atoms with Crippen LogP contribution in [0.1, 0.15) is 28.1 Å². The molecule has 2 amide bonds. The number of nitrogens with one attached hydrogen (secondary N) is 1. The first-order valence-corrected chi connectivity index (χ1v) is 8.17. The van der Waals surface area contributed by atoms with Crippen molar-refractivity contribution in [1.29, 1.82) is 0 Å². The Morgan fingerprint density at radius 3 is 2.84 bits per heavy atom. The SMILES string of the molecule is CN1N=C(C(=O)Nc2ncc(C(=O)c3cccc(F)c3)s2)CCC1=O. The topological polar surface area (TPSA) is 91.7 Å². The molecular formula is C16H13FN4O3S. The van der Waals surface area contributed by atoms with Crippen LogP contribution in [0.3, 0.4) is 0 Å². The number of benzene rings is 1. The van der Waals surface area contributed by atoms with Crippen molar-refractivity contribution in [2.45, 2.75) is 12.8 Å². The Kier molecular flexibility index (Phi) is 4.66. The summed E-state index contributed by atoms with van der Waals surface area (Å²) in [6.45, 7) is 0. The van der Waals surface area contributed by atoms with Gasteiger partial charge in [0.15, 0.2) is 5.13 Å². The third kappa shape index (κ3) is 3.77. The number of nitrogens with zero attached hydrogens (tertiary/aromatic N) is 3. The molecular weight excluding hydrogens is 347 g/mol. The summed E-state index contributed by atoms with van der Waals surface area (Å²) in [6.07, 6.45) is 1.78. The van der Waals surface area contributed by atoms with Gasteiger partial charge >= 0.3 is 0 Å². The van der Waals surface area contributed by atoms with Crippen molar-refractivity contribution in [2.24, 2.45) is 5.10 Å². The monoisotopic (exact) mass is 360 g/mol. The summed E-state index contributed by atoms with van der Waals surface area (Å²) in [4.78, 5) is 40.1. The Labute approximate surface area is 146 Å². The Morgan fingerprint density at radius 1 is 1.32 bits per heavy atom. The minimum atomic E-state index is -0.502. The van der Waals surface area contributed by atoms with Gasteiger partial charge in [0.1, 0.15) is 11.5 Å². The van der Waals surface area contributed by atoms with E-state index in [2.05, 4.69) is 15.4 Å². The van der Waals surface area contributed by atoms with Crippen LogP contribution in [0.25, 0.3) is 0 Å². The highest BCUT2D eigenvalue weighted by Gasteiger charge is 2.23. The first-order chi connectivity index (χ1) is 11.9. The molecule has 1 aromatic heterocycles. The molecule has 1 aromatic carbocycles. The molecule has 0 saturated carbocycles. The molecule has 7 nitrogen and oxygen atoms in total. The van der Waals surface area contributed by atoms with E-state index < -0.39 is 11.7 Å². The lowest BCUT2D eigenvalue weighted by atomic mass is 10.1. The van der Waals surface area contributed by atoms with Gasteiger partial charge in [0.25, 0.3) is 5.91 Å². The van der Waals surface area contributed by atoms with E-state index in [9.17, 15) is 18.8 Å². The van der Waals surface area contributed by atoms with Crippen LogP contribution in [0.2, 0.25) is 0 Å². The van der Waals surface area contributed by atoms with Crippen molar-refractivity contribution in [2.75, 3.05) is 12.4 Å². The first-order valence-electron chi connectivity index (χ1n) is 7.35. The fourth-order valence-corrected chi connectivity index (χ4v) is 2.98. The van der Waals surface area contributed by atoms with Gasteiger partial charge in [-0.1, -0.05) is 23.5 Å². The van der Waals surface area contributed by atoms with Crippen molar-refractivity contribution in [3.05, 3.63) is 46.7 Å². The molecule has 0 bridgehead atoms. The maximum Gasteiger partial charge on any atom is 0.273 e. The summed E-state index contributed by atoms with van der Waals surface area (Å²) in [6, 6.07) is 5.35. The van der Waals surface area contributed by atoms with E-state index in [1.807, 2.05) is 0 Å². The number of thiazole rings is 1. The summed E-state index contributed by atoms with van der Waals surface area (Å²) in [5.74, 6) is -1.51. The number of hydrazone groups is 1. The average Bonchev–Trinajstić information content (AvgIpc) is 3.05. The first kappa shape index (κ1) is 16.9. The minimum Gasteiger partial charge on any atom is -0.297 e. The molecule has 2 aromatic rings. The average molecular weight is 360 g/mol. The van der Waals surface area contributed by atoms with E-state index in [1.165, 1.54) is 31.4 Å². The number of ketones is 1. The van der Waals surface area contributed by atoms with E-state index in [4.69, 9.17) is 0 Å². The summed E-state index contributed by atoms with van der Waals surface area (Å²) in [5.41, 5.74) is 0.425. The van der Waals surface area contributed by atoms with Crippen LogP contribution >= 0.6 is 11.3 Å². The maximum absolute atomic E-state index is 13.2. The predicted molar refractivity (Wildman–Crippen MR) is 90.0 cm³/mol. The normalized spacial score (nSPS) is 14.2. The van der Waals surface area contributed by atoms with Gasteiger partial charge in [-0.2, -0.15) is 5.10 Å². The molecule has 0 saturated heterocycles. The van der Waals surface area contributed by atoms with Crippen LogP contribution < -0.4 is 5.32 Å². The molecule has 0 fully saturated rings. The Balaban J connectivity index is 1.72. The number of anilines is 1. The van der Waals surface area contributed by atoms with E-state index in [0.717, 1.165) is 22.4 Å². The summed E-state index contributed by atoms with van der Waals surface area (Å²) in [7, 11) is 1.48. The highest BCUT2D eigenvalue weighted by molar-refractivity contribution is 7.17. The van der Waals surface area contributed by atoms with Crippen molar-refractivity contribution < 1.29 is 18.8 Å². The molecule has 0 spiro atoms. The molecule has 0 aliphatic carbocycles. The highest BCUT2D eigenvalue weighted by Crippen LogP contribution is 2.22. The summed E-state index contributed by atoms with van der Waals surface area (Å²) in [5, 5.41) is 7.83. The molecule has 0 radical (unpaired) electrons. The number of carbonyl (C=O) groups excluding carboxylic acids is 3. The van der Waals surface area contributed by atoms with Crippen LogP contribution in [-0.2, 0) is 9.59 Å². The number of halogens is 1. The molecule has 1 N–H and O–H groups in total. The smallest absolute Gasteiger partial charge is 0.273 e. The number of hydrogen-bond donors (Lipinski definition) is 1. The fraction of sp³-hybridized carbons (Fsp3) is 0.188. The van der Waals surface area contributed by atoms with Crippen LogP contribution in [0.5, 0.6) is 0 Å². The second kappa shape index (κ2) is 6.89. The van der Waals surface area contributed by atoms with Gasteiger partial charge < -0.3 is 0 Å². The second-order valence-electron chi connectivity index (χ2n) is 5.29. The van der Waals surface area contributed by atoms with Crippen LogP contribution in [0.4, 0.5) is 9.52 Å². The lowest BCUT2D eigenvalue weighted by molar-refractivity contribution is -0.130. The molecule has 0 unspecified atom stereocenters. The molecule has 2 heterocycles. The van der Waals surface area contributed by atoms with E-state index >= 15 is 0 Å². The Bertz CT molecular complexity index is 893. The number of hydrogen-bond acceptors (Lipinski definition) is 6. The Hall–Kier alpha value is -2.94. The lowest BCUT2D eigenvalue weighted by Crippen LogP contribution is -2.34. The zero-order valence-electron chi connectivity index (χ0n) is 13.2. The van der Waals surface area contributed by atoms with Gasteiger partial charge in [-0.15, -0.1) is 0 Å². The molecule has 0 atom stereocenters. The molecule has 25 heavy (non-hydrogen) atoms. The lowest BCUT2D eigenvalue weighted by Gasteiger charge is -2.18. The minimum absolute atomic E-state index is 0.159. The van der Waals surface area contributed by atoms with Gasteiger partial charge in [0.05, 0.1) is 11.1 Å². The summed E-state index contributed by atoms with van der Waals surface area (Å²) >= 11 is 0.985. The number of amides is 2. The molecule has 1 aliphatic heterocycles. The van der Waals surface area contributed by atoms with Gasteiger partial charge in [0, 0.05) is 25.5 Å². The van der Waals surface area contributed by atoms with E-state index in [1.54, 1.807) is 0 Å².